The lowest BCUT2D eigenvalue weighted by molar-refractivity contribution is -0.152. The van der Waals surface area contributed by atoms with Crippen LogP contribution < -0.4 is 52.3 Å². The number of likely N-dealkylation sites (N-methyl/N-ethyl adjacent to an activating group) is 4. The number of carbonyl (C=O) groups excluding carboxylic acids is 5. The molecule has 2 amide bonds. The van der Waals surface area contributed by atoms with Gasteiger partial charge in [0.2, 0.25) is 23.7 Å². The quantitative estimate of drug-likeness (QED) is 0.0213. The molecule has 5 fully saturated rings. The Balaban J connectivity index is 0.000000163. The SMILES string of the molecule is CC[C@@H]1C(=O)N(C)c2cnc(Nc3ccc(C[C@H](N)C(=O)OC4CCCC4)cc3)nc2N1C1CCCC1.CC[C@@H]1C(=O)N(C)c2cnc(Nc3ccc(C[C@H](NC)C(=O)OC4CCCC4)cc3)nc2N1C1CCCC1.CN[C@@H](Cc1ccc(N)cc1)C(=O)OC1CCCC1. The van der Waals surface area contributed by atoms with Crippen molar-refractivity contribution in [2.75, 3.05) is 64.2 Å². The molecule has 5 atom stereocenters. The van der Waals surface area contributed by atoms with Gasteiger partial charge in [0.25, 0.3) is 0 Å². The monoisotopic (exact) mass is 1290 g/mol. The van der Waals surface area contributed by atoms with Crippen molar-refractivity contribution in [3.8, 4) is 0 Å². The summed E-state index contributed by atoms with van der Waals surface area (Å²) in [7, 11) is 7.21. The second kappa shape index (κ2) is 32.9. The van der Waals surface area contributed by atoms with Crippen molar-refractivity contribution in [1.29, 1.82) is 0 Å². The van der Waals surface area contributed by atoms with E-state index in [9.17, 15) is 24.0 Å². The number of anilines is 9. The standard InChI is InChI=1S/C29H40N6O3.C28H38N6O3.C15H22N2O2/c1-4-24-27(36)34(3)25-18-31-29(33-26(25)35(24)21-9-5-6-10-21)32-20-15-13-19(14-16-20)17-23(30-2)28(37)38-22-11-7-8-12-22;1-3-23-26(35)33(2)24-17-30-28(32-25(24)34(23)20-8-4-5-9-20)31-19-14-12-18(13-15-19)16-22(29)27(36)37-21-10-6-7-11-21;1-17-14(10-11-6-8-12(16)9-7-11)15(18)19-13-4-2-3-5-13/h13-16,18,21-24,30H,4-12,17H2,1-3H3,(H,31,32,33);12-15,17,20-23H,3-11,16,29H2,1-2H3,(H,30,31,32);6-9,13-14,17H,2-5,10,16H2,1H3/t23-,24+;22-,23+;14-/m000/s1. The summed E-state index contributed by atoms with van der Waals surface area (Å²) in [5, 5.41) is 12.8. The Morgan fingerprint density at radius 1 is 0.500 bits per heavy atom. The predicted octanol–water partition coefficient (Wildman–Crippen LogP) is 10.3. The van der Waals surface area contributed by atoms with E-state index in [4.69, 9.17) is 35.6 Å². The minimum Gasteiger partial charge on any atom is -0.461 e. The van der Waals surface area contributed by atoms with Crippen LogP contribution in [-0.2, 0) is 57.4 Å². The molecule has 5 saturated carbocycles. The van der Waals surface area contributed by atoms with Crippen LogP contribution in [0.1, 0.15) is 172 Å². The first-order valence-corrected chi connectivity index (χ1v) is 34.7. The average Bonchev–Trinajstić information content (AvgIpc) is 1.16. The zero-order valence-electron chi connectivity index (χ0n) is 56.0. The van der Waals surface area contributed by atoms with Crippen LogP contribution in [0.2, 0.25) is 0 Å². The van der Waals surface area contributed by atoms with Crippen molar-refractivity contribution in [1.82, 2.24) is 30.6 Å². The number of hydrogen-bond donors (Lipinski definition) is 6. The third-order valence-electron chi connectivity index (χ3n) is 19.9. The van der Waals surface area contributed by atoms with Crippen molar-refractivity contribution in [2.24, 2.45) is 5.73 Å². The molecule has 5 aromatic rings. The number of benzene rings is 3. The maximum absolute atomic E-state index is 13.1. The van der Waals surface area contributed by atoms with Crippen LogP contribution in [0.25, 0.3) is 0 Å². The molecule has 22 heteroatoms. The molecule has 8 N–H and O–H groups in total. The number of nitrogens with two attached hydrogens (primary N) is 2. The van der Waals surface area contributed by atoms with Gasteiger partial charge in [-0.05, 0) is 202 Å². The van der Waals surface area contributed by atoms with Crippen LogP contribution in [0.5, 0.6) is 0 Å². The Bertz CT molecular complexity index is 3310. The number of fused-ring (bicyclic) bond motifs is 2. The summed E-state index contributed by atoms with van der Waals surface area (Å²) < 4.78 is 16.8. The van der Waals surface area contributed by atoms with Gasteiger partial charge in [-0.1, -0.05) is 75.9 Å². The fourth-order valence-electron chi connectivity index (χ4n) is 14.4. The summed E-state index contributed by atoms with van der Waals surface area (Å²) in [5.41, 5.74) is 18.8. The number of amides is 2. The van der Waals surface area contributed by atoms with Gasteiger partial charge < -0.3 is 66.5 Å². The van der Waals surface area contributed by atoms with Crippen LogP contribution in [0, 0.1) is 0 Å². The van der Waals surface area contributed by atoms with Crippen LogP contribution in [0.4, 0.5) is 52.0 Å². The molecule has 0 radical (unpaired) electrons. The van der Waals surface area contributed by atoms with Crippen molar-refractivity contribution in [3.05, 3.63) is 102 Å². The fourth-order valence-corrected chi connectivity index (χ4v) is 14.4. The van der Waals surface area contributed by atoms with Crippen LogP contribution in [0.3, 0.4) is 0 Å². The van der Waals surface area contributed by atoms with Gasteiger partial charge >= 0.3 is 17.9 Å². The molecule has 0 unspecified atom stereocenters. The molecule has 506 valence electrons. The first-order valence-electron chi connectivity index (χ1n) is 34.7. The Hall–Kier alpha value is -7.95. The van der Waals surface area contributed by atoms with Gasteiger partial charge in [0.1, 0.15) is 59.9 Å². The lowest BCUT2D eigenvalue weighted by Crippen LogP contribution is -2.55. The molecule has 2 aliphatic heterocycles. The first kappa shape index (κ1) is 68.9. The maximum atomic E-state index is 13.1. The molecular formula is C72H100N14O8. The maximum Gasteiger partial charge on any atom is 0.323 e. The number of nitrogens with zero attached hydrogens (tertiary/aromatic N) is 8. The molecule has 0 saturated heterocycles. The summed E-state index contributed by atoms with van der Waals surface area (Å²) in [4.78, 5) is 89.9. The Morgan fingerprint density at radius 3 is 1.18 bits per heavy atom. The lowest BCUT2D eigenvalue weighted by Gasteiger charge is -2.43. The van der Waals surface area contributed by atoms with Gasteiger partial charge in [-0.25, -0.2) is 9.97 Å². The molecule has 0 spiro atoms. The molecule has 4 heterocycles. The lowest BCUT2D eigenvalue weighted by atomic mass is 10.0. The summed E-state index contributed by atoms with van der Waals surface area (Å²) in [6.45, 7) is 4.13. The summed E-state index contributed by atoms with van der Waals surface area (Å²) in [6.07, 6.45) is 28.5. The number of ether oxygens (including phenoxy) is 3. The topological polar surface area (TPSA) is 278 Å². The van der Waals surface area contributed by atoms with Gasteiger partial charge in [-0.15, -0.1) is 0 Å². The van der Waals surface area contributed by atoms with Crippen molar-refractivity contribution >= 4 is 81.7 Å². The van der Waals surface area contributed by atoms with Crippen molar-refractivity contribution in [3.63, 3.8) is 0 Å². The highest BCUT2D eigenvalue weighted by Gasteiger charge is 2.43. The van der Waals surface area contributed by atoms with Crippen LogP contribution in [0.15, 0.2) is 85.2 Å². The van der Waals surface area contributed by atoms with Gasteiger partial charge in [0, 0.05) is 43.2 Å². The number of carbonyl (C=O) groups is 5. The zero-order valence-corrected chi connectivity index (χ0v) is 56.0. The molecule has 12 rings (SSSR count). The van der Waals surface area contributed by atoms with E-state index in [1.807, 2.05) is 79.8 Å². The normalized spacial score (nSPS) is 20.4. The number of nitrogen functional groups attached to an aromatic ring is 1. The third-order valence-corrected chi connectivity index (χ3v) is 19.9. The van der Waals surface area contributed by atoms with Crippen molar-refractivity contribution in [2.45, 2.75) is 235 Å². The Labute approximate surface area is 554 Å². The van der Waals surface area contributed by atoms with Crippen LogP contribution >= 0.6 is 0 Å². The minimum atomic E-state index is -0.670. The second-order valence-electron chi connectivity index (χ2n) is 26.5. The summed E-state index contributed by atoms with van der Waals surface area (Å²) >= 11 is 0. The predicted molar refractivity (Wildman–Crippen MR) is 369 cm³/mol. The van der Waals surface area contributed by atoms with E-state index in [1.54, 1.807) is 43.3 Å². The largest absolute Gasteiger partial charge is 0.461 e. The number of aromatic nitrogens is 4. The van der Waals surface area contributed by atoms with Gasteiger partial charge in [-0.3, -0.25) is 24.0 Å². The zero-order chi connectivity index (χ0) is 66.3. The molecule has 0 bridgehead atoms. The Morgan fingerprint density at radius 2 is 0.830 bits per heavy atom. The summed E-state index contributed by atoms with van der Waals surface area (Å²) in [6, 6.07) is 22.3. The highest BCUT2D eigenvalue weighted by molar-refractivity contribution is 6.05. The average molecular weight is 1290 g/mol. The van der Waals surface area contributed by atoms with Crippen LogP contribution in [-0.4, -0.2) is 138 Å². The van der Waals surface area contributed by atoms with Gasteiger partial charge in [0.05, 0.1) is 12.4 Å². The van der Waals surface area contributed by atoms with E-state index in [0.29, 0.717) is 43.2 Å². The number of esters is 3. The molecule has 5 aliphatic carbocycles. The smallest absolute Gasteiger partial charge is 0.323 e. The molecular weight excluding hydrogens is 1190 g/mol. The van der Waals surface area contributed by atoms with E-state index in [-0.39, 0.29) is 72.2 Å². The van der Waals surface area contributed by atoms with E-state index in [0.717, 1.165) is 159 Å². The highest BCUT2D eigenvalue weighted by atomic mass is 16.6. The number of nitrogens with one attached hydrogen (secondary N) is 4. The summed E-state index contributed by atoms with van der Waals surface area (Å²) in [5.74, 6) is 2.22. The van der Waals surface area contributed by atoms with Crippen molar-refractivity contribution < 1.29 is 38.2 Å². The highest BCUT2D eigenvalue weighted by Crippen LogP contribution is 2.42. The van der Waals surface area contributed by atoms with Gasteiger partial charge in [-0.2, -0.15) is 9.97 Å². The van der Waals surface area contributed by atoms with Gasteiger partial charge in [0.15, 0.2) is 11.6 Å². The number of rotatable bonds is 22. The molecule has 2 aromatic heterocycles. The van der Waals surface area contributed by atoms with E-state index >= 15 is 0 Å². The number of hydrogen-bond acceptors (Lipinski definition) is 20. The molecule has 3 aromatic carbocycles. The van der Waals surface area contributed by atoms with E-state index in [2.05, 4.69) is 54.9 Å². The second-order valence-corrected chi connectivity index (χ2v) is 26.5. The minimum absolute atomic E-state index is 0.0249. The third kappa shape index (κ3) is 17.3. The molecule has 22 nitrogen and oxygen atoms in total. The Kier molecular flexibility index (Phi) is 24.1. The molecule has 94 heavy (non-hydrogen) atoms. The fraction of sp³-hybridized carbons (Fsp3) is 0.569. The first-order chi connectivity index (χ1) is 45.6. The van der Waals surface area contributed by atoms with E-state index in [1.165, 1.54) is 38.5 Å². The van der Waals surface area contributed by atoms with E-state index < -0.39 is 6.04 Å². The molecule has 7 aliphatic rings.